The summed E-state index contributed by atoms with van der Waals surface area (Å²) >= 11 is 0. The molecule has 0 bridgehead atoms. The summed E-state index contributed by atoms with van der Waals surface area (Å²) in [6.45, 7) is 1.76. The van der Waals surface area contributed by atoms with Gasteiger partial charge in [0.05, 0.1) is 38.6 Å². The van der Waals surface area contributed by atoms with Crippen LogP contribution in [0.25, 0.3) is 0 Å². The Bertz CT molecular complexity index is 2410. The minimum Gasteiger partial charge on any atom is -0.394 e. The molecule has 0 aromatic rings. The fraction of sp³-hybridized carbons (Fsp3) is 0.869. The molecule has 3 rings (SSSR count). The lowest BCUT2D eigenvalue weighted by atomic mass is 9.96. The number of carbonyl (C=O) groups is 1. The second-order valence-corrected chi connectivity index (χ2v) is 34.9. The molecule has 0 aromatic heterocycles. The monoisotopic (exact) mass is 1670 g/mol. The third-order valence-corrected chi connectivity index (χ3v) is 24.3. The molecule has 0 radical (unpaired) electrons. The number of nitrogens with one attached hydrogen (secondary N) is 1. The van der Waals surface area contributed by atoms with E-state index in [2.05, 4.69) is 92.1 Å². The van der Waals surface area contributed by atoms with E-state index in [0.29, 0.717) is 12.8 Å². The second kappa shape index (κ2) is 77.8. The minimum absolute atomic E-state index is 0.235. The lowest BCUT2D eigenvalue weighted by molar-refractivity contribution is -0.379. The van der Waals surface area contributed by atoms with Gasteiger partial charge >= 0.3 is 0 Å². The van der Waals surface area contributed by atoms with Crippen LogP contribution in [-0.4, -0.2) is 193 Å². The van der Waals surface area contributed by atoms with Crippen molar-refractivity contribution in [3.8, 4) is 0 Å². The molecular weight excluding hydrogens is 1490 g/mol. The fourth-order valence-corrected chi connectivity index (χ4v) is 16.6. The Morgan fingerprint density at radius 3 is 0.915 bits per heavy atom. The van der Waals surface area contributed by atoms with E-state index in [0.717, 1.165) is 83.5 Å². The van der Waals surface area contributed by atoms with Crippen molar-refractivity contribution in [1.29, 1.82) is 0 Å². The molecule has 19 heteroatoms. The largest absolute Gasteiger partial charge is 0.394 e. The van der Waals surface area contributed by atoms with Crippen molar-refractivity contribution in [1.82, 2.24) is 5.32 Å². The second-order valence-electron chi connectivity index (χ2n) is 34.9. The summed E-state index contributed by atoms with van der Waals surface area (Å²) in [5.41, 5.74) is 0. The number of amides is 1. The summed E-state index contributed by atoms with van der Waals surface area (Å²) in [5.74, 6) is -0.235. The topological polar surface area (TPSA) is 307 Å². The van der Waals surface area contributed by atoms with E-state index in [1.165, 1.54) is 302 Å². The Balaban J connectivity index is 1.28. The molecule has 3 aliphatic rings. The summed E-state index contributed by atoms with van der Waals surface area (Å²) in [6, 6.07) is -0.890. The Labute approximate surface area is 718 Å². The van der Waals surface area contributed by atoms with Gasteiger partial charge in [-0.25, -0.2) is 0 Å². The molecule has 0 aliphatic carbocycles. The highest BCUT2D eigenvalue weighted by Gasteiger charge is 2.54. The number of carbonyl (C=O) groups excluding carboxylic acids is 1. The SMILES string of the molecule is CC/C=C\C/C=C\C/C=C\C/C=C\C/C=C\C/C=C\CCCCCCCCCCCCCCCCCCCCCCCCC(=O)NC(COC1OC(CO)C(OC2OC(CO)C(OC3OC(CO)C(O)C(O)C3O)C(O)C2O)C(O)C1O)C(O)CCCCCCCCCCCCCCCCCCCCCCCCCCCCCCCCCC. The number of unbranched alkanes of at least 4 members (excludes halogenated alkanes) is 53. The first-order valence-corrected chi connectivity index (χ1v) is 49.2. The Morgan fingerprint density at radius 2 is 0.585 bits per heavy atom. The van der Waals surface area contributed by atoms with Crippen LogP contribution in [0.4, 0.5) is 0 Å². The molecule has 0 saturated carbocycles. The number of hydrogen-bond donors (Lipinski definition) is 12. The molecule has 17 unspecified atom stereocenters. The highest BCUT2D eigenvalue weighted by molar-refractivity contribution is 5.76. The van der Waals surface area contributed by atoms with Crippen LogP contribution in [-0.2, 0) is 33.2 Å². The Hall–Kier alpha value is -2.77. The maximum Gasteiger partial charge on any atom is 0.220 e. The number of allylic oxidation sites excluding steroid dienone is 12. The van der Waals surface area contributed by atoms with Crippen LogP contribution in [0.15, 0.2) is 72.9 Å². The number of aliphatic hydroxyl groups excluding tert-OH is 11. The fourth-order valence-electron chi connectivity index (χ4n) is 16.6. The standard InChI is InChI=1S/C99H181NO18/c1-3-5-7-9-11-13-15-17-19-21-23-25-27-29-31-33-35-37-38-39-40-41-42-43-44-45-47-49-51-53-55-57-59-61-63-65-67-69-71-73-75-77-87(105)100-82(83(104)76-74-72-70-68-66-64-62-60-58-56-54-52-50-48-46-36-34-32-30-28-26-24-22-20-18-16-14-12-10-8-6-4-2)81-113-97-93(111)90(108)95(85(79-102)115-97)118-99-94(112)91(109)96(86(80-103)116-99)117-98-92(110)89(107)88(106)84(78-101)114-98/h5,7,11,13,17,19,23,25,29,31,35,37,82-86,88-99,101-104,106-112H,3-4,6,8-10,12,14-16,18,20-22,24,26-28,30,32-34,36,38-81H2,1-2H3,(H,100,105)/b7-5-,13-11-,19-17-,25-23-,31-29-,37-35-. The zero-order valence-electron chi connectivity index (χ0n) is 74.9. The van der Waals surface area contributed by atoms with E-state index in [1.54, 1.807) is 0 Å². The third kappa shape index (κ3) is 54.9. The summed E-state index contributed by atoms with van der Waals surface area (Å²) < 4.78 is 34.7. The van der Waals surface area contributed by atoms with E-state index in [-0.39, 0.29) is 18.9 Å². The summed E-state index contributed by atoms with van der Waals surface area (Å²) in [4.78, 5) is 13.6. The van der Waals surface area contributed by atoms with E-state index < -0.39 is 124 Å². The predicted octanol–water partition coefficient (Wildman–Crippen LogP) is 20.3. The van der Waals surface area contributed by atoms with Gasteiger partial charge in [0.25, 0.3) is 0 Å². The molecular formula is C99H181NO18. The van der Waals surface area contributed by atoms with Gasteiger partial charge in [0.2, 0.25) is 5.91 Å². The summed E-state index contributed by atoms with van der Waals surface area (Å²) in [7, 11) is 0. The molecule has 0 spiro atoms. The van der Waals surface area contributed by atoms with Gasteiger partial charge in [-0.15, -0.1) is 0 Å². The predicted molar refractivity (Wildman–Crippen MR) is 480 cm³/mol. The Kier molecular flexibility index (Phi) is 72.1. The van der Waals surface area contributed by atoms with E-state index in [1.807, 2.05) is 0 Å². The average Bonchev–Trinajstić information content (AvgIpc) is 0.777. The highest BCUT2D eigenvalue weighted by atomic mass is 16.8. The molecule has 19 nitrogen and oxygen atoms in total. The van der Waals surface area contributed by atoms with Crippen molar-refractivity contribution in [3.63, 3.8) is 0 Å². The van der Waals surface area contributed by atoms with Crippen molar-refractivity contribution >= 4 is 5.91 Å². The summed E-state index contributed by atoms with van der Waals surface area (Å²) in [5, 5.41) is 122. The van der Waals surface area contributed by atoms with Gasteiger partial charge in [0.1, 0.15) is 73.2 Å². The van der Waals surface area contributed by atoms with Crippen LogP contribution in [0.1, 0.15) is 418 Å². The van der Waals surface area contributed by atoms with E-state index >= 15 is 0 Å². The van der Waals surface area contributed by atoms with Gasteiger partial charge in [-0.05, 0) is 64.2 Å². The molecule has 3 fully saturated rings. The smallest absolute Gasteiger partial charge is 0.220 e. The zero-order valence-corrected chi connectivity index (χ0v) is 74.9. The van der Waals surface area contributed by atoms with Crippen molar-refractivity contribution in [2.45, 2.75) is 523 Å². The first-order valence-electron chi connectivity index (χ1n) is 49.2. The van der Waals surface area contributed by atoms with E-state index in [9.17, 15) is 61.0 Å². The van der Waals surface area contributed by atoms with Gasteiger partial charge in [0.15, 0.2) is 18.9 Å². The molecule has 17 atom stereocenters. The average molecular weight is 1670 g/mol. The van der Waals surface area contributed by atoms with Crippen LogP contribution in [0, 0.1) is 0 Å². The molecule has 0 aromatic carbocycles. The molecule has 12 N–H and O–H groups in total. The van der Waals surface area contributed by atoms with E-state index in [4.69, 9.17) is 28.4 Å². The molecule has 3 aliphatic heterocycles. The number of ether oxygens (including phenoxy) is 6. The van der Waals surface area contributed by atoms with Gasteiger partial charge in [-0.2, -0.15) is 0 Å². The first-order chi connectivity index (χ1) is 57.8. The van der Waals surface area contributed by atoms with Gasteiger partial charge in [-0.1, -0.05) is 421 Å². The third-order valence-electron chi connectivity index (χ3n) is 24.3. The maximum atomic E-state index is 13.6. The maximum absolute atomic E-state index is 13.6. The molecule has 3 heterocycles. The lowest BCUT2D eigenvalue weighted by Crippen LogP contribution is -2.66. The Morgan fingerprint density at radius 1 is 0.314 bits per heavy atom. The van der Waals surface area contributed by atoms with Crippen LogP contribution >= 0.6 is 0 Å². The van der Waals surface area contributed by atoms with Crippen molar-refractivity contribution < 1.29 is 89.4 Å². The molecule has 3 saturated heterocycles. The highest BCUT2D eigenvalue weighted by Crippen LogP contribution is 2.34. The lowest BCUT2D eigenvalue weighted by Gasteiger charge is -2.48. The minimum atomic E-state index is -1.97. The normalized spacial score (nSPS) is 24.6. The molecule has 1 amide bonds. The van der Waals surface area contributed by atoms with Crippen molar-refractivity contribution in [3.05, 3.63) is 72.9 Å². The van der Waals surface area contributed by atoms with Crippen molar-refractivity contribution in [2.24, 2.45) is 0 Å². The first kappa shape index (κ1) is 109. The summed E-state index contributed by atoms with van der Waals surface area (Å²) in [6.07, 6.45) is 78.9. The number of rotatable bonds is 81. The van der Waals surface area contributed by atoms with Crippen LogP contribution in [0.2, 0.25) is 0 Å². The van der Waals surface area contributed by atoms with Gasteiger partial charge in [0, 0.05) is 6.42 Å². The van der Waals surface area contributed by atoms with Gasteiger partial charge < -0.3 is 89.9 Å². The van der Waals surface area contributed by atoms with Crippen LogP contribution in [0.5, 0.6) is 0 Å². The molecule has 690 valence electrons. The van der Waals surface area contributed by atoms with Crippen molar-refractivity contribution in [2.75, 3.05) is 26.4 Å². The number of hydrogen-bond acceptors (Lipinski definition) is 18. The van der Waals surface area contributed by atoms with Crippen LogP contribution in [0.3, 0.4) is 0 Å². The zero-order chi connectivity index (χ0) is 85.2. The molecule has 118 heavy (non-hydrogen) atoms. The van der Waals surface area contributed by atoms with Crippen LogP contribution < -0.4 is 5.32 Å². The quantitative estimate of drug-likeness (QED) is 0.0199. The van der Waals surface area contributed by atoms with Gasteiger partial charge in [-0.3, -0.25) is 4.79 Å². The number of aliphatic hydroxyl groups is 11.